The van der Waals surface area contributed by atoms with Crippen LogP contribution in [0.15, 0.2) is 65.5 Å². The molecule has 1 aromatic heterocycles. The minimum Gasteiger partial charge on any atom is -0.496 e. The summed E-state index contributed by atoms with van der Waals surface area (Å²) < 4.78 is 33.5. The van der Waals surface area contributed by atoms with Crippen LogP contribution in [0.2, 0.25) is 0 Å². The Morgan fingerprint density at radius 1 is 1.03 bits per heavy atom. The van der Waals surface area contributed by atoms with Crippen LogP contribution in [-0.4, -0.2) is 16.8 Å². The molecule has 0 aliphatic carbocycles. The van der Waals surface area contributed by atoms with Gasteiger partial charge in [0.2, 0.25) is 0 Å². The first-order valence-electron chi connectivity index (χ1n) is 9.32. The molecule has 5 nitrogen and oxygen atoms in total. The van der Waals surface area contributed by atoms with E-state index in [2.05, 4.69) is 10.4 Å². The molecule has 4 rings (SSSR count). The Kier molecular flexibility index (Phi) is 5.18. The number of aryl methyl sites for hydroxylation is 1. The molecule has 0 spiro atoms. The fraction of sp³-hybridized carbons (Fsp3) is 0.130. The van der Waals surface area contributed by atoms with Gasteiger partial charge in [-0.15, -0.1) is 0 Å². The van der Waals surface area contributed by atoms with Gasteiger partial charge in [0.15, 0.2) is 17.5 Å². The predicted molar refractivity (Wildman–Crippen MR) is 112 cm³/mol. The summed E-state index contributed by atoms with van der Waals surface area (Å²) in [5.74, 6) is -0.806. The standard InChI is InChI=1S/C23H19F2N3O2/c1-14-7-9-16(12-21(14)30-2)22-27-20-6-4-3-5-17(20)23(29)28(22)26-13-15-8-10-18(24)19(25)11-15/h3-12,26H,13H2,1-2H3. The van der Waals surface area contributed by atoms with E-state index in [4.69, 9.17) is 4.74 Å². The van der Waals surface area contributed by atoms with Gasteiger partial charge in [-0.05, 0) is 48.4 Å². The van der Waals surface area contributed by atoms with Gasteiger partial charge in [0.25, 0.3) is 5.56 Å². The number of aromatic nitrogens is 2. The number of halogens is 2. The maximum Gasteiger partial charge on any atom is 0.280 e. The van der Waals surface area contributed by atoms with E-state index in [1.54, 1.807) is 25.3 Å². The SMILES string of the molecule is COc1cc(-c2nc3ccccc3c(=O)n2NCc2ccc(F)c(F)c2)ccc1C. The van der Waals surface area contributed by atoms with Crippen LogP contribution in [0.25, 0.3) is 22.3 Å². The van der Waals surface area contributed by atoms with Crippen LogP contribution in [0.3, 0.4) is 0 Å². The topological polar surface area (TPSA) is 56.1 Å². The van der Waals surface area contributed by atoms with Crippen molar-refractivity contribution in [1.82, 2.24) is 9.66 Å². The molecule has 0 aliphatic heterocycles. The lowest BCUT2D eigenvalue weighted by atomic mass is 10.1. The first-order chi connectivity index (χ1) is 14.5. The summed E-state index contributed by atoms with van der Waals surface area (Å²) in [5, 5.41) is 0.443. The van der Waals surface area contributed by atoms with Crippen LogP contribution >= 0.6 is 0 Å². The van der Waals surface area contributed by atoms with Crippen LogP contribution in [0.4, 0.5) is 8.78 Å². The number of rotatable bonds is 5. The van der Waals surface area contributed by atoms with Crippen LogP contribution in [0.1, 0.15) is 11.1 Å². The second-order valence-corrected chi connectivity index (χ2v) is 6.86. The smallest absolute Gasteiger partial charge is 0.280 e. The molecule has 30 heavy (non-hydrogen) atoms. The molecule has 0 saturated carbocycles. The number of nitrogens with one attached hydrogen (secondary N) is 1. The minimum absolute atomic E-state index is 0.104. The summed E-state index contributed by atoms with van der Waals surface area (Å²) in [4.78, 5) is 17.8. The van der Waals surface area contributed by atoms with E-state index in [0.717, 1.165) is 17.7 Å². The number of fused-ring (bicyclic) bond motifs is 1. The highest BCUT2D eigenvalue weighted by Gasteiger charge is 2.14. The average molecular weight is 407 g/mol. The van der Waals surface area contributed by atoms with Gasteiger partial charge in [-0.2, -0.15) is 0 Å². The molecular weight excluding hydrogens is 388 g/mol. The summed E-state index contributed by atoms with van der Waals surface area (Å²) in [7, 11) is 1.58. The monoisotopic (exact) mass is 407 g/mol. The van der Waals surface area contributed by atoms with Crippen LogP contribution in [0.5, 0.6) is 5.75 Å². The zero-order valence-electron chi connectivity index (χ0n) is 16.4. The molecule has 0 unspecified atom stereocenters. The number of benzene rings is 3. The maximum atomic E-state index is 13.6. The molecule has 0 atom stereocenters. The van der Waals surface area contributed by atoms with Gasteiger partial charge >= 0.3 is 0 Å². The fourth-order valence-electron chi connectivity index (χ4n) is 3.25. The van der Waals surface area contributed by atoms with E-state index in [9.17, 15) is 13.6 Å². The van der Waals surface area contributed by atoms with Crippen molar-refractivity contribution in [1.29, 1.82) is 0 Å². The van der Waals surface area contributed by atoms with Crippen molar-refractivity contribution in [2.45, 2.75) is 13.5 Å². The van der Waals surface area contributed by atoms with E-state index >= 15 is 0 Å². The Morgan fingerprint density at radius 3 is 2.60 bits per heavy atom. The molecule has 7 heteroatoms. The van der Waals surface area contributed by atoms with Crippen LogP contribution < -0.4 is 15.7 Å². The molecule has 4 aromatic rings. The lowest BCUT2D eigenvalue weighted by Crippen LogP contribution is -2.31. The number of hydrogen-bond acceptors (Lipinski definition) is 4. The van der Waals surface area contributed by atoms with Crippen molar-refractivity contribution in [2.24, 2.45) is 0 Å². The first kappa shape index (κ1) is 19.6. The highest BCUT2D eigenvalue weighted by atomic mass is 19.2. The van der Waals surface area contributed by atoms with Gasteiger partial charge in [-0.3, -0.25) is 4.79 Å². The summed E-state index contributed by atoms with van der Waals surface area (Å²) in [5.41, 5.74) is 5.38. The maximum absolute atomic E-state index is 13.6. The van der Waals surface area contributed by atoms with E-state index < -0.39 is 11.6 Å². The fourth-order valence-corrected chi connectivity index (χ4v) is 3.25. The van der Waals surface area contributed by atoms with Crippen molar-refractivity contribution >= 4 is 10.9 Å². The largest absolute Gasteiger partial charge is 0.496 e. The van der Waals surface area contributed by atoms with Gasteiger partial charge in [-0.25, -0.2) is 18.4 Å². The third-order valence-electron chi connectivity index (χ3n) is 4.87. The lowest BCUT2D eigenvalue weighted by Gasteiger charge is -2.16. The molecule has 0 amide bonds. The minimum atomic E-state index is -0.943. The number of para-hydroxylation sites is 1. The van der Waals surface area contributed by atoms with Crippen LogP contribution in [0, 0.1) is 18.6 Å². The van der Waals surface area contributed by atoms with Gasteiger partial charge in [0.1, 0.15) is 5.75 Å². The van der Waals surface area contributed by atoms with Crippen LogP contribution in [-0.2, 0) is 6.54 Å². The highest BCUT2D eigenvalue weighted by molar-refractivity contribution is 5.80. The second-order valence-electron chi connectivity index (χ2n) is 6.86. The number of nitrogens with zero attached hydrogens (tertiary/aromatic N) is 2. The van der Waals surface area contributed by atoms with Crippen molar-refractivity contribution < 1.29 is 13.5 Å². The summed E-state index contributed by atoms with van der Waals surface area (Å²) in [6, 6.07) is 16.2. The normalized spacial score (nSPS) is 10.9. The van der Waals surface area contributed by atoms with Gasteiger partial charge in [-0.1, -0.05) is 30.3 Å². The Labute approximate surface area is 171 Å². The van der Waals surface area contributed by atoms with E-state index in [1.165, 1.54) is 10.7 Å². The van der Waals surface area contributed by atoms with Crippen molar-refractivity contribution in [3.8, 4) is 17.1 Å². The van der Waals surface area contributed by atoms with E-state index in [0.29, 0.717) is 33.6 Å². The summed E-state index contributed by atoms with van der Waals surface area (Å²) in [6.45, 7) is 2.03. The number of methoxy groups -OCH3 is 1. The van der Waals surface area contributed by atoms with Gasteiger partial charge < -0.3 is 10.2 Å². The molecule has 0 aliphatic rings. The Hall–Kier alpha value is -3.74. The zero-order chi connectivity index (χ0) is 21.3. The third-order valence-corrected chi connectivity index (χ3v) is 4.87. The molecule has 1 N–H and O–H groups in total. The average Bonchev–Trinajstić information content (AvgIpc) is 2.76. The summed E-state index contributed by atoms with van der Waals surface area (Å²) in [6.07, 6.45) is 0. The molecule has 1 heterocycles. The van der Waals surface area contributed by atoms with Gasteiger partial charge in [0, 0.05) is 5.56 Å². The van der Waals surface area contributed by atoms with Crippen molar-refractivity contribution in [3.63, 3.8) is 0 Å². The van der Waals surface area contributed by atoms with E-state index in [1.807, 2.05) is 31.2 Å². The lowest BCUT2D eigenvalue weighted by molar-refractivity contribution is 0.412. The molecule has 3 aromatic carbocycles. The molecule has 152 valence electrons. The first-order valence-corrected chi connectivity index (χ1v) is 9.32. The zero-order valence-corrected chi connectivity index (χ0v) is 16.4. The van der Waals surface area contributed by atoms with Crippen molar-refractivity contribution in [2.75, 3.05) is 12.5 Å². The molecule has 0 radical (unpaired) electrons. The Bertz CT molecular complexity index is 1300. The van der Waals surface area contributed by atoms with E-state index in [-0.39, 0.29) is 12.1 Å². The Morgan fingerprint density at radius 2 is 1.83 bits per heavy atom. The predicted octanol–water partition coefficient (Wildman–Crippen LogP) is 4.40. The Balaban J connectivity index is 1.84. The number of hydrogen-bond donors (Lipinski definition) is 1. The quantitative estimate of drug-likeness (QED) is 0.533. The van der Waals surface area contributed by atoms with Gasteiger partial charge in [0.05, 0.1) is 24.6 Å². The third kappa shape index (κ3) is 3.61. The summed E-state index contributed by atoms with van der Waals surface area (Å²) >= 11 is 0. The highest BCUT2D eigenvalue weighted by Crippen LogP contribution is 2.26. The molecular formula is C23H19F2N3O2. The molecule has 0 fully saturated rings. The second kappa shape index (κ2) is 7.94. The molecule has 0 bridgehead atoms. The number of ether oxygens (including phenoxy) is 1. The molecule has 0 saturated heterocycles. The van der Waals surface area contributed by atoms with Crippen molar-refractivity contribution in [3.05, 3.63) is 93.8 Å².